The molecule has 3 atom stereocenters. The van der Waals surface area contributed by atoms with Crippen molar-refractivity contribution in [2.75, 3.05) is 0 Å². The Labute approximate surface area is 168 Å². The number of hydrogen-bond donors (Lipinski definition) is 0. The molecule has 148 valence electrons. The van der Waals surface area contributed by atoms with Crippen molar-refractivity contribution in [3.05, 3.63) is 75.7 Å². The van der Waals surface area contributed by atoms with Crippen LogP contribution in [-0.4, -0.2) is 13.9 Å². The Morgan fingerprint density at radius 2 is 1.93 bits per heavy atom. The molecule has 0 N–H and O–H groups in total. The zero-order chi connectivity index (χ0) is 20.3. The van der Waals surface area contributed by atoms with Crippen LogP contribution in [0.15, 0.2) is 70.1 Å². The molecule has 3 aliphatic rings. The zero-order valence-electron chi connectivity index (χ0n) is 14.4. The summed E-state index contributed by atoms with van der Waals surface area (Å²) in [6.45, 7) is 2.06. The summed E-state index contributed by atoms with van der Waals surface area (Å²) in [5, 5.41) is 0. The Hall–Kier alpha value is -2.00. The Kier molecular flexibility index (Phi) is 4.50. The number of hydrogen-bond acceptors (Lipinski definition) is 4. The second kappa shape index (κ2) is 6.52. The zero-order valence-corrected chi connectivity index (χ0v) is 16.8. The molecule has 0 aromatic heterocycles. The first-order valence-corrected chi connectivity index (χ1v) is 10.6. The summed E-state index contributed by atoms with van der Waals surface area (Å²) >= 11 is 3.45. The largest absolute Gasteiger partial charge is 0.534 e. The Morgan fingerprint density at radius 3 is 2.64 bits per heavy atom. The monoisotopic (exact) mass is 474 g/mol. The number of allylic oxidation sites excluding steroid dienone is 6. The molecule has 4 nitrogen and oxygen atoms in total. The lowest BCUT2D eigenvalue weighted by Gasteiger charge is -2.36. The minimum Gasteiger partial charge on any atom is -0.460 e. The van der Waals surface area contributed by atoms with Crippen LogP contribution in [0.4, 0.5) is 13.2 Å². The highest BCUT2D eigenvalue weighted by atomic mass is 79.9. The highest BCUT2D eigenvalue weighted by Gasteiger charge is 2.49. The molecule has 4 rings (SSSR count). The minimum absolute atomic E-state index is 0.0779. The van der Waals surface area contributed by atoms with Gasteiger partial charge in [0.1, 0.15) is 17.3 Å². The van der Waals surface area contributed by atoms with Gasteiger partial charge < -0.3 is 8.92 Å². The summed E-state index contributed by atoms with van der Waals surface area (Å²) in [5.41, 5.74) is -3.46. The van der Waals surface area contributed by atoms with Gasteiger partial charge in [0.2, 0.25) is 0 Å². The summed E-state index contributed by atoms with van der Waals surface area (Å²) < 4.78 is 71.4. The van der Waals surface area contributed by atoms with Crippen LogP contribution in [0.3, 0.4) is 0 Å². The van der Waals surface area contributed by atoms with Gasteiger partial charge in [-0.25, -0.2) is 0 Å². The van der Waals surface area contributed by atoms with E-state index in [2.05, 4.69) is 27.0 Å². The van der Waals surface area contributed by atoms with Crippen LogP contribution in [-0.2, 0) is 14.3 Å². The third-order valence-electron chi connectivity index (χ3n) is 4.94. The lowest BCUT2D eigenvalue weighted by Crippen LogP contribution is -2.28. The van der Waals surface area contributed by atoms with Gasteiger partial charge >= 0.3 is 15.6 Å². The van der Waals surface area contributed by atoms with Crippen LogP contribution in [0.2, 0.25) is 0 Å². The fraction of sp³-hybridized carbons (Fsp3) is 0.263. The summed E-state index contributed by atoms with van der Waals surface area (Å²) in [5.74, 6) is 0.531. The Morgan fingerprint density at radius 1 is 1.18 bits per heavy atom. The first-order chi connectivity index (χ1) is 13.1. The average Bonchev–Trinajstić information content (AvgIpc) is 2.61. The smallest absolute Gasteiger partial charge is 0.460 e. The van der Waals surface area contributed by atoms with Crippen LogP contribution in [0.25, 0.3) is 0 Å². The highest BCUT2D eigenvalue weighted by molar-refractivity contribution is 9.10. The predicted molar refractivity (Wildman–Crippen MR) is 99.6 cm³/mol. The van der Waals surface area contributed by atoms with E-state index in [1.165, 1.54) is 12.2 Å². The number of halogens is 4. The van der Waals surface area contributed by atoms with Gasteiger partial charge in [-0.3, -0.25) is 0 Å². The molecule has 1 aliphatic heterocycles. The maximum absolute atomic E-state index is 12.5. The SMILES string of the molecule is CC1C2=C(Oc3ccc(Br)cc31)C1C=CC(OS(=O)(=O)C(F)(F)F)=CC1C=C2. The first-order valence-electron chi connectivity index (χ1n) is 8.37. The van der Waals surface area contributed by atoms with Gasteiger partial charge in [-0.05, 0) is 35.9 Å². The molecule has 1 heterocycles. The molecule has 0 amide bonds. The molecular formula is C19H14BrF3O4S. The molecule has 28 heavy (non-hydrogen) atoms. The van der Waals surface area contributed by atoms with E-state index in [0.29, 0.717) is 5.76 Å². The number of alkyl halides is 3. The van der Waals surface area contributed by atoms with Gasteiger partial charge in [-0.2, -0.15) is 21.6 Å². The summed E-state index contributed by atoms with van der Waals surface area (Å²) in [7, 11) is -5.70. The van der Waals surface area contributed by atoms with Gasteiger partial charge in [0.25, 0.3) is 0 Å². The standard InChI is InChI=1S/C19H14BrF3O4S/c1-10-14-5-2-11-8-13(27-28(24,25)19(21,22)23)4-6-15(11)18(14)26-17-7-3-12(20)9-16(10)17/h2-11,15H,1H3. The second-order valence-corrected chi connectivity index (χ2v) is 9.15. The third-order valence-corrected chi connectivity index (χ3v) is 6.41. The van der Waals surface area contributed by atoms with Crippen molar-refractivity contribution in [2.24, 2.45) is 11.8 Å². The van der Waals surface area contributed by atoms with Crippen molar-refractivity contribution >= 4 is 26.0 Å². The van der Waals surface area contributed by atoms with Gasteiger partial charge in [0.15, 0.2) is 0 Å². The van der Waals surface area contributed by atoms with Crippen molar-refractivity contribution in [3.63, 3.8) is 0 Å². The van der Waals surface area contributed by atoms with Crippen LogP contribution in [0, 0.1) is 11.8 Å². The van der Waals surface area contributed by atoms with Gasteiger partial charge in [0, 0.05) is 27.8 Å². The van der Waals surface area contributed by atoms with Crippen LogP contribution < -0.4 is 4.74 Å². The fourth-order valence-electron chi connectivity index (χ4n) is 3.55. The van der Waals surface area contributed by atoms with Crippen LogP contribution >= 0.6 is 15.9 Å². The van der Waals surface area contributed by atoms with E-state index < -0.39 is 15.6 Å². The lowest BCUT2D eigenvalue weighted by molar-refractivity contribution is -0.0520. The van der Waals surface area contributed by atoms with Crippen LogP contribution in [0.1, 0.15) is 18.4 Å². The molecule has 0 fully saturated rings. The lowest BCUT2D eigenvalue weighted by atomic mass is 9.76. The molecule has 9 heteroatoms. The van der Waals surface area contributed by atoms with Crippen molar-refractivity contribution in [3.8, 4) is 5.75 Å². The molecule has 1 aromatic carbocycles. The molecule has 0 radical (unpaired) electrons. The van der Waals surface area contributed by atoms with E-state index in [9.17, 15) is 21.6 Å². The van der Waals surface area contributed by atoms with Crippen molar-refractivity contribution in [1.29, 1.82) is 0 Å². The second-order valence-electron chi connectivity index (χ2n) is 6.70. The van der Waals surface area contributed by atoms with Gasteiger partial charge in [-0.15, -0.1) is 0 Å². The van der Waals surface area contributed by atoms with E-state index in [-0.39, 0.29) is 23.5 Å². The van der Waals surface area contributed by atoms with E-state index >= 15 is 0 Å². The van der Waals surface area contributed by atoms with Crippen molar-refractivity contribution < 1.29 is 30.5 Å². The molecule has 0 saturated heterocycles. The number of ether oxygens (including phenoxy) is 1. The molecule has 2 aliphatic carbocycles. The molecule has 0 saturated carbocycles. The summed E-state index contributed by atoms with van der Waals surface area (Å²) in [6, 6.07) is 5.73. The Bertz CT molecular complexity index is 1070. The molecule has 0 spiro atoms. The molecule has 1 aromatic rings. The predicted octanol–water partition coefficient (Wildman–Crippen LogP) is 5.32. The normalized spacial score (nSPS) is 26.0. The van der Waals surface area contributed by atoms with E-state index in [4.69, 9.17) is 4.74 Å². The summed E-state index contributed by atoms with van der Waals surface area (Å²) in [6.07, 6.45) is 7.90. The van der Waals surface area contributed by atoms with E-state index in [1.807, 2.05) is 30.4 Å². The molecule has 3 unspecified atom stereocenters. The van der Waals surface area contributed by atoms with Crippen LogP contribution in [0.5, 0.6) is 5.75 Å². The molecular weight excluding hydrogens is 461 g/mol. The third kappa shape index (κ3) is 3.20. The van der Waals surface area contributed by atoms with Crippen molar-refractivity contribution in [1.82, 2.24) is 0 Å². The average molecular weight is 475 g/mol. The maximum atomic E-state index is 12.5. The number of benzene rings is 1. The van der Waals surface area contributed by atoms with Gasteiger partial charge in [0.05, 0.1) is 0 Å². The molecule has 0 bridgehead atoms. The Balaban J connectivity index is 1.62. The summed E-state index contributed by atoms with van der Waals surface area (Å²) in [4.78, 5) is 0. The minimum atomic E-state index is -5.70. The topological polar surface area (TPSA) is 52.6 Å². The van der Waals surface area contributed by atoms with Gasteiger partial charge in [-0.1, -0.05) is 41.1 Å². The highest BCUT2D eigenvalue weighted by Crippen LogP contribution is 2.47. The van der Waals surface area contributed by atoms with E-state index in [1.54, 1.807) is 6.08 Å². The number of fused-ring (bicyclic) bond motifs is 3. The first kappa shape index (κ1) is 19.3. The van der Waals surface area contributed by atoms with Crippen molar-refractivity contribution in [2.45, 2.75) is 18.3 Å². The number of rotatable bonds is 2. The van der Waals surface area contributed by atoms with E-state index in [0.717, 1.165) is 21.4 Å². The fourth-order valence-corrected chi connectivity index (χ4v) is 4.39. The quantitative estimate of drug-likeness (QED) is 0.429. The maximum Gasteiger partial charge on any atom is 0.534 e.